The minimum absolute atomic E-state index is 0.0736. The van der Waals surface area contributed by atoms with Crippen molar-refractivity contribution in [3.63, 3.8) is 0 Å². The molecule has 26 heavy (non-hydrogen) atoms. The Kier molecular flexibility index (Phi) is 9.92. The van der Waals surface area contributed by atoms with Gasteiger partial charge in [0.25, 0.3) is 0 Å². The second kappa shape index (κ2) is 11.4. The Labute approximate surface area is 155 Å². The molecule has 5 heteroatoms. The first-order valence-electron chi connectivity index (χ1n) is 9.73. The molecule has 0 N–H and O–H groups in total. The van der Waals surface area contributed by atoms with E-state index in [1.54, 1.807) is 0 Å². The molecule has 0 heterocycles. The van der Waals surface area contributed by atoms with E-state index in [0.717, 1.165) is 18.9 Å². The first-order chi connectivity index (χ1) is 12.4. The standard InChI is InChI=1S/C21H32F2O3/c1-4-7-10-16-17(19(15-18(16)24)26-14-9-6-3)11-12-20(25)21(22,23)13-8-5-2/h4,7,11-12,16-17,19H,5-6,8-10,13-15H2,1-3H3/b7-4-,12-11+/t16-,17-,19-/m1/s1. The van der Waals surface area contributed by atoms with Crippen LogP contribution >= 0.6 is 0 Å². The average Bonchev–Trinajstić information content (AvgIpc) is 2.90. The van der Waals surface area contributed by atoms with Gasteiger partial charge in [-0.3, -0.25) is 9.59 Å². The lowest BCUT2D eigenvalue weighted by Crippen LogP contribution is -2.28. The third-order valence-corrected chi connectivity index (χ3v) is 4.84. The van der Waals surface area contributed by atoms with Crippen molar-refractivity contribution < 1.29 is 23.1 Å². The van der Waals surface area contributed by atoms with E-state index in [-0.39, 0.29) is 30.1 Å². The van der Waals surface area contributed by atoms with Crippen molar-refractivity contribution in [3.8, 4) is 0 Å². The van der Waals surface area contributed by atoms with Crippen LogP contribution < -0.4 is 0 Å². The van der Waals surface area contributed by atoms with E-state index in [1.165, 1.54) is 6.08 Å². The van der Waals surface area contributed by atoms with Crippen molar-refractivity contribution in [3.05, 3.63) is 24.3 Å². The molecule has 0 aromatic heterocycles. The van der Waals surface area contributed by atoms with Gasteiger partial charge in [0.2, 0.25) is 5.78 Å². The van der Waals surface area contributed by atoms with Crippen LogP contribution in [-0.4, -0.2) is 30.2 Å². The molecule has 3 atom stereocenters. The molecule has 0 aromatic carbocycles. The van der Waals surface area contributed by atoms with Crippen LogP contribution in [0.3, 0.4) is 0 Å². The Morgan fingerprint density at radius 2 is 1.96 bits per heavy atom. The number of allylic oxidation sites excluding steroid dienone is 3. The fourth-order valence-electron chi connectivity index (χ4n) is 3.18. The van der Waals surface area contributed by atoms with Gasteiger partial charge in [-0.05, 0) is 32.3 Å². The first kappa shape index (κ1) is 22.7. The van der Waals surface area contributed by atoms with Crippen LogP contribution in [0.25, 0.3) is 0 Å². The molecule has 0 saturated heterocycles. The zero-order chi connectivity index (χ0) is 19.6. The number of halogens is 2. The molecule has 0 spiro atoms. The zero-order valence-corrected chi connectivity index (χ0v) is 16.2. The largest absolute Gasteiger partial charge is 0.377 e. The van der Waals surface area contributed by atoms with Gasteiger partial charge in [0.1, 0.15) is 5.78 Å². The predicted molar refractivity (Wildman–Crippen MR) is 99.3 cm³/mol. The molecule has 0 aliphatic heterocycles. The molecule has 0 radical (unpaired) electrons. The molecule has 0 aromatic rings. The molecule has 1 aliphatic carbocycles. The highest BCUT2D eigenvalue weighted by atomic mass is 19.3. The third kappa shape index (κ3) is 6.75. The Morgan fingerprint density at radius 1 is 1.27 bits per heavy atom. The summed E-state index contributed by atoms with van der Waals surface area (Å²) in [6, 6.07) is 0. The van der Waals surface area contributed by atoms with Crippen molar-refractivity contribution in [2.45, 2.75) is 77.7 Å². The van der Waals surface area contributed by atoms with E-state index in [4.69, 9.17) is 4.74 Å². The summed E-state index contributed by atoms with van der Waals surface area (Å²) in [5, 5.41) is 0. The van der Waals surface area contributed by atoms with Gasteiger partial charge in [0, 0.05) is 31.3 Å². The minimum atomic E-state index is -3.34. The van der Waals surface area contributed by atoms with Crippen LogP contribution in [0.2, 0.25) is 0 Å². The Hall–Kier alpha value is -1.36. The van der Waals surface area contributed by atoms with Crippen LogP contribution in [0.1, 0.15) is 65.7 Å². The van der Waals surface area contributed by atoms with E-state index in [2.05, 4.69) is 0 Å². The highest BCUT2D eigenvalue weighted by molar-refractivity contribution is 5.95. The van der Waals surface area contributed by atoms with Gasteiger partial charge >= 0.3 is 5.92 Å². The number of carbonyl (C=O) groups is 2. The van der Waals surface area contributed by atoms with Crippen LogP contribution in [-0.2, 0) is 14.3 Å². The molecule has 1 rings (SSSR count). The monoisotopic (exact) mass is 370 g/mol. The number of Topliss-reactive ketones (excluding diaryl/α,β-unsaturated/α-hetero) is 1. The quantitative estimate of drug-likeness (QED) is 0.266. The molecule has 0 bridgehead atoms. The number of alkyl halides is 2. The fourth-order valence-corrected chi connectivity index (χ4v) is 3.18. The topological polar surface area (TPSA) is 43.4 Å². The van der Waals surface area contributed by atoms with Crippen LogP contribution in [0.5, 0.6) is 0 Å². The van der Waals surface area contributed by atoms with Crippen LogP contribution in [0.15, 0.2) is 24.3 Å². The fraction of sp³-hybridized carbons (Fsp3) is 0.714. The number of unbranched alkanes of at least 4 members (excludes halogenated alkanes) is 2. The van der Waals surface area contributed by atoms with Crippen molar-refractivity contribution in [2.75, 3.05) is 6.61 Å². The molecular formula is C21H32F2O3. The highest BCUT2D eigenvalue weighted by Crippen LogP contribution is 2.36. The van der Waals surface area contributed by atoms with E-state index in [9.17, 15) is 18.4 Å². The maximum absolute atomic E-state index is 13.9. The number of hydrogen-bond donors (Lipinski definition) is 0. The number of carbonyl (C=O) groups excluding carboxylic acids is 2. The molecule has 3 nitrogen and oxygen atoms in total. The summed E-state index contributed by atoms with van der Waals surface area (Å²) in [5.74, 6) is -5.09. The van der Waals surface area contributed by atoms with Crippen LogP contribution in [0, 0.1) is 11.8 Å². The smallest absolute Gasteiger partial charge is 0.309 e. The molecular weight excluding hydrogens is 338 g/mol. The lowest BCUT2D eigenvalue weighted by Gasteiger charge is -2.21. The Balaban J connectivity index is 2.87. The van der Waals surface area contributed by atoms with Gasteiger partial charge in [-0.25, -0.2) is 0 Å². The maximum Gasteiger partial charge on any atom is 0.309 e. The maximum atomic E-state index is 13.9. The van der Waals surface area contributed by atoms with Crippen molar-refractivity contribution in [1.82, 2.24) is 0 Å². The molecule has 0 amide bonds. The normalized spacial score (nSPS) is 24.2. The number of ketones is 2. The minimum Gasteiger partial charge on any atom is -0.377 e. The van der Waals surface area contributed by atoms with Gasteiger partial charge in [-0.2, -0.15) is 8.78 Å². The Bertz CT molecular complexity index is 511. The highest BCUT2D eigenvalue weighted by Gasteiger charge is 2.42. The summed E-state index contributed by atoms with van der Waals surface area (Å²) < 4.78 is 33.6. The summed E-state index contributed by atoms with van der Waals surface area (Å²) in [7, 11) is 0. The Morgan fingerprint density at radius 3 is 2.58 bits per heavy atom. The van der Waals surface area contributed by atoms with E-state index < -0.39 is 18.1 Å². The van der Waals surface area contributed by atoms with E-state index in [1.807, 2.05) is 32.9 Å². The molecule has 1 fully saturated rings. The van der Waals surface area contributed by atoms with Crippen molar-refractivity contribution >= 4 is 11.6 Å². The summed E-state index contributed by atoms with van der Waals surface area (Å²) in [4.78, 5) is 24.3. The van der Waals surface area contributed by atoms with Crippen LogP contribution in [0.4, 0.5) is 8.78 Å². The lowest BCUT2D eigenvalue weighted by atomic mass is 9.90. The molecule has 148 valence electrons. The second-order valence-electron chi connectivity index (χ2n) is 6.95. The summed E-state index contributed by atoms with van der Waals surface area (Å²) >= 11 is 0. The van der Waals surface area contributed by atoms with Gasteiger partial charge < -0.3 is 4.74 Å². The molecule has 0 unspecified atom stereocenters. The number of rotatable bonds is 12. The SMILES string of the molecule is C/C=C\C[C@H]1C(=O)C[C@@H](OCCCC)[C@@H]1/C=C/C(=O)C(F)(F)CCCC. The molecule has 1 saturated carbocycles. The van der Waals surface area contributed by atoms with Gasteiger partial charge in [0.05, 0.1) is 6.10 Å². The summed E-state index contributed by atoms with van der Waals surface area (Å²) in [6.45, 7) is 6.27. The third-order valence-electron chi connectivity index (χ3n) is 4.84. The summed E-state index contributed by atoms with van der Waals surface area (Å²) in [6.07, 6.45) is 9.05. The lowest BCUT2D eigenvalue weighted by molar-refractivity contribution is -0.138. The number of ether oxygens (including phenoxy) is 1. The van der Waals surface area contributed by atoms with Gasteiger partial charge in [-0.15, -0.1) is 0 Å². The molecule has 1 aliphatic rings. The second-order valence-corrected chi connectivity index (χ2v) is 6.95. The van der Waals surface area contributed by atoms with Gasteiger partial charge in [-0.1, -0.05) is 44.9 Å². The summed E-state index contributed by atoms with van der Waals surface area (Å²) in [5.41, 5.74) is 0. The van der Waals surface area contributed by atoms with E-state index >= 15 is 0 Å². The average molecular weight is 370 g/mol. The first-order valence-corrected chi connectivity index (χ1v) is 9.73. The number of hydrogen-bond acceptors (Lipinski definition) is 3. The van der Waals surface area contributed by atoms with E-state index in [0.29, 0.717) is 25.9 Å². The van der Waals surface area contributed by atoms with Crippen molar-refractivity contribution in [1.29, 1.82) is 0 Å². The zero-order valence-electron chi connectivity index (χ0n) is 16.2. The van der Waals surface area contributed by atoms with Crippen molar-refractivity contribution in [2.24, 2.45) is 11.8 Å². The van der Waals surface area contributed by atoms with Gasteiger partial charge in [0.15, 0.2) is 0 Å². The predicted octanol–water partition coefficient (Wildman–Crippen LogP) is 5.29.